The first kappa shape index (κ1) is 28.5. The van der Waals surface area contributed by atoms with Crippen LogP contribution in [-0.2, 0) is 21.2 Å². The van der Waals surface area contributed by atoms with Crippen LogP contribution in [-0.4, -0.2) is 52.3 Å². The molecule has 2 amide bonds. The van der Waals surface area contributed by atoms with E-state index in [4.69, 9.17) is 9.47 Å². The van der Waals surface area contributed by atoms with Crippen molar-refractivity contribution in [2.45, 2.75) is 30.7 Å². The van der Waals surface area contributed by atoms with E-state index in [1.54, 1.807) is 24.3 Å². The summed E-state index contributed by atoms with van der Waals surface area (Å²) in [4.78, 5) is 23.7. The molecule has 0 saturated carbocycles. The van der Waals surface area contributed by atoms with Crippen LogP contribution in [0.15, 0.2) is 71.6 Å². The minimum Gasteiger partial charge on any atom is -0.497 e. The summed E-state index contributed by atoms with van der Waals surface area (Å²) in [6, 6.07) is 17.0. The molecule has 0 saturated heterocycles. The molecule has 4 N–H and O–H groups in total. The molecule has 0 heterocycles. The van der Waals surface area contributed by atoms with E-state index in [1.807, 2.05) is 37.3 Å². The van der Waals surface area contributed by atoms with Crippen LogP contribution in [0, 0.1) is 0 Å². The quantitative estimate of drug-likeness (QED) is 0.273. The van der Waals surface area contributed by atoms with Crippen LogP contribution >= 0.6 is 0 Å². The van der Waals surface area contributed by atoms with Crippen molar-refractivity contribution in [2.75, 3.05) is 26.1 Å². The topological polar surface area (TPSA) is 143 Å². The number of nitrogens with one attached hydrogen (secondary N) is 3. The van der Waals surface area contributed by atoms with Crippen LogP contribution in [0.25, 0.3) is 11.1 Å². The summed E-state index contributed by atoms with van der Waals surface area (Å²) < 4.78 is 38.6. The Morgan fingerprint density at radius 1 is 0.947 bits per heavy atom. The van der Waals surface area contributed by atoms with Gasteiger partial charge in [0, 0.05) is 18.3 Å². The van der Waals surface area contributed by atoms with Crippen LogP contribution in [0.4, 0.5) is 10.5 Å². The van der Waals surface area contributed by atoms with Gasteiger partial charge >= 0.3 is 12.0 Å². The third-order valence-electron chi connectivity index (χ3n) is 5.64. The normalized spacial score (nSPS) is 11.9. The van der Waals surface area contributed by atoms with Gasteiger partial charge in [-0.1, -0.05) is 43.3 Å². The van der Waals surface area contributed by atoms with Crippen LogP contribution in [0.1, 0.15) is 18.9 Å². The molecule has 3 rings (SSSR count). The van der Waals surface area contributed by atoms with Crippen molar-refractivity contribution in [3.8, 4) is 22.6 Å². The summed E-state index contributed by atoms with van der Waals surface area (Å²) in [5, 5.41) is 15.3. The number of rotatable bonds is 12. The Balaban J connectivity index is 1.75. The summed E-state index contributed by atoms with van der Waals surface area (Å²) in [7, 11) is -1.53. The number of anilines is 1. The summed E-state index contributed by atoms with van der Waals surface area (Å²) in [6.07, 6.45) is 0.750. The Morgan fingerprint density at radius 3 is 2.32 bits per heavy atom. The van der Waals surface area contributed by atoms with Gasteiger partial charge in [-0.2, -0.15) is 4.72 Å². The Labute approximate surface area is 222 Å². The number of carboxylic acids is 1. The number of hydrogen-bond donors (Lipinski definition) is 4. The molecular weight excluding hydrogens is 510 g/mol. The molecule has 0 bridgehead atoms. The number of aliphatic carboxylic acids is 1. The smallest absolute Gasteiger partial charge is 0.322 e. The zero-order valence-electron chi connectivity index (χ0n) is 21.4. The fourth-order valence-electron chi connectivity index (χ4n) is 3.68. The summed E-state index contributed by atoms with van der Waals surface area (Å²) in [5.41, 5.74) is 2.95. The fraction of sp³-hybridized carbons (Fsp3) is 0.259. The number of hydrogen-bond acceptors (Lipinski definition) is 6. The molecule has 11 heteroatoms. The summed E-state index contributed by atoms with van der Waals surface area (Å²) >= 11 is 0. The zero-order valence-corrected chi connectivity index (χ0v) is 22.2. The SMILES string of the molecule is CCCNC(=O)Nc1cccc(-c2ccc(C[C@H](NS(=O)(=O)c3cc(OC)ccc3OC)C(=O)O)cc2)c1. The van der Waals surface area contributed by atoms with Crippen molar-refractivity contribution in [2.24, 2.45) is 0 Å². The van der Waals surface area contributed by atoms with Gasteiger partial charge in [-0.3, -0.25) is 4.79 Å². The highest BCUT2D eigenvalue weighted by molar-refractivity contribution is 7.89. The zero-order chi connectivity index (χ0) is 27.7. The molecule has 0 spiro atoms. The average molecular weight is 542 g/mol. The van der Waals surface area contributed by atoms with E-state index in [1.165, 1.54) is 26.4 Å². The van der Waals surface area contributed by atoms with Gasteiger partial charge in [0.15, 0.2) is 0 Å². The van der Waals surface area contributed by atoms with E-state index in [9.17, 15) is 23.1 Å². The predicted molar refractivity (Wildman–Crippen MR) is 144 cm³/mol. The van der Waals surface area contributed by atoms with Crippen LogP contribution in [0.5, 0.6) is 11.5 Å². The molecule has 202 valence electrons. The number of ether oxygens (including phenoxy) is 2. The van der Waals surface area contributed by atoms with Crippen LogP contribution < -0.4 is 24.8 Å². The molecule has 3 aromatic rings. The number of sulfonamides is 1. The van der Waals surface area contributed by atoms with Gasteiger partial charge in [0.1, 0.15) is 22.4 Å². The Morgan fingerprint density at radius 2 is 1.68 bits per heavy atom. The first-order chi connectivity index (χ1) is 18.2. The molecule has 0 aliphatic carbocycles. The number of amides is 2. The molecule has 1 atom stereocenters. The van der Waals surface area contributed by atoms with Gasteiger partial charge in [-0.25, -0.2) is 13.2 Å². The van der Waals surface area contributed by atoms with Gasteiger partial charge in [0.2, 0.25) is 10.0 Å². The van der Waals surface area contributed by atoms with Gasteiger partial charge < -0.3 is 25.2 Å². The number of methoxy groups -OCH3 is 2. The molecule has 10 nitrogen and oxygen atoms in total. The largest absolute Gasteiger partial charge is 0.497 e. The van der Waals surface area contributed by atoms with Crippen molar-refractivity contribution in [1.82, 2.24) is 10.0 Å². The van der Waals surface area contributed by atoms with Crippen molar-refractivity contribution < 1.29 is 32.6 Å². The van der Waals surface area contributed by atoms with Crippen LogP contribution in [0.2, 0.25) is 0 Å². The Kier molecular flexibility index (Phi) is 9.69. The van der Waals surface area contributed by atoms with E-state index in [-0.39, 0.29) is 28.8 Å². The average Bonchev–Trinajstić information content (AvgIpc) is 2.91. The second-order valence-electron chi connectivity index (χ2n) is 8.39. The molecule has 0 radical (unpaired) electrons. The lowest BCUT2D eigenvalue weighted by Gasteiger charge is -2.17. The minimum atomic E-state index is -4.25. The lowest BCUT2D eigenvalue weighted by Crippen LogP contribution is -2.42. The molecule has 38 heavy (non-hydrogen) atoms. The molecular formula is C27H31N3O7S. The van der Waals surface area contributed by atoms with Gasteiger partial charge in [-0.05, 0) is 53.8 Å². The number of carbonyl (C=O) groups is 2. The Bertz CT molecular complexity index is 1380. The Hall–Kier alpha value is -4.09. The van der Waals surface area contributed by atoms with E-state index in [0.29, 0.717) is 17.8 Å². The summed E-state index contributed by atoms with van der Waals surface area (Å²) in [6.45, 7) is 2.55. The summed E-state index contributed by atoms with van der Waals surface area (Å²) in [5.74, 6) is -0.972. The molecule has 0 aromatic heterocycles. The monoisotopic (exact) mass is 541 g/mol. The van der Waals surface area contributed by atoms with Crippen molar-refractivity contribution in [3.05, 3.63) is 72.3 Å². The predicted octanol–water partition coefficient (Wildman–Crippen LogP) is 3.88. The maximum atomic E-state index is 13.0. The maximum Gasteiger partial charge on any atom is 0.322 e. The highest BCUT2D eigenvalue weighted by Gasteiger charge is 2.28. The first-order valence-corrected chi connectivity index (χ1v) is 13.4. The van der Waals surface area contributed by atoms with Crippen molar-refractivity contribution in [1.29, 1.82) is 0 Å². The molecule has 3 aromatic carbocycles. The van der Waals surface area contributed by atoms with Crippen molar-refractivity contribution in [3.63, 3.8) is 0 Å². The van der Waals surface area contributed by atoms with Crippen molar-refractivity contribution >= 4 is 27.7 Å². The van der Waals surface area contributed by atoms with Gasteiger partial charge in [-0.15, -0.1) is 0 Å². The minimum absolute atomic E-state index is 0.0614. The highest BCUT2D eigenvalue weighted by atomic mass is 32.2. The lowest BCUT2D eigenvalue weighted by atomic mass is 10.0. The highest BCUT2D eigenvalue weighted by Crippen LogP contribution is 2.29. The third kappa shape index (κ3) is 7.46. The van der Waals surface area contributed by atoms with Gasteiger partial charge in [0.25, 0.3) is 0 Å². The van der Waals surface area contributed by atoms with Gasteiger partial charge in [0.05, 0.1) is 14.2 Å². The number of carboxylic acid groups (broad SMARTS) is 1. The fourth-order valence-corrected chi connectivity index (χ4v) is 5.06. The lowest BCUT2D eigenvalue weighted by molar-refractivity contribution is -0.138. The number of carbonyl (C=O) groups excluding carboxylic acids is 1. The van der Waals surface area contributed by atoms with E-state index < -0.39 is 22.0 Å². The number of urea groups is 1. The second-order valence-corrected chi connectivity index (χ2v) is 10.1. The standard InChI is InChI=1S/C27H31N3O7S/c1-4-14-28-27(33)29-21-7-5-6-20(16-21)19-10-8-18(9-11-19)15-23(26(31)32)30-38(34,35)25-17-22(36-2)12-13-24(25)37-3/h5-13,16-17,23,30H,4,14-15H2,1-3H3,(H,31,32)(H2,28,29,33)/t23-/m0/s1. The second kappa shape index (κ2) is 12.9. The third-order valence-corrected chi connectivity index (χ3v) is 7.13. The molecule has 0 aliphatic rings. The van der Waals surface area contributed by atoms with E-state index in [0.717, 1.165) is 17.5 Å². The van der Waals surface area contributed by atoms with Crippen LogP contribution in [0.3, 0.4) is 0 Å². The first-order valence-electron chi connectivity index (χ1n) is 11.9. The maximum absolute atomic E-state index is 13.0. The number of benzene rings is 3. The molecule has 0 unspecified atom stereocenters. The van der Waals surface area contributed by atoms with E-state index in [2.05, 4.69) is 15.4 Å². The molecule has 0 aliphatic heterocycles. The van der Waals surface area contributed by atoms with E-state index >= 15 is 0 Å². The molecule has 0 fully saturated rings.